The van der Waals surface area contributed by atoms with Crippen molar-refractivity contribution in [1.29, 1.82) is 5.26 Å². The first-order valence-corrected chi connectivity index (χ1v) is 8.99. The molecule has 1 aromatic carbocycles. The zero-order valence-electron chi connectivity index (χ0n) is 13.5. The van der Waals surface area contributed by atoms with Gasteiger partial charge in [0.1, 0.15) is 16.8 Å². The molecule has 1 amide bonds. The fraction of sp³-hybridized carbons (Fsp3) is 0.389. The third-order valence-corrected chi connectivity index (χ3v) is 5.16. The van der Waals surface area contributed by atoms with Gasteiger partial charge in [-0.1, -0.05) is 24.6 Å². The number of pyridine rings is 1. The average Bonchev–Trinajstić information content (AvgIpc) is 3.11. The lowest BCUT2D eigenvalue weighted by atomic mass is 10.1. The molecule has 6 heteroatoms. The van der Waals surface area contributed by atoms with Gasteiger partial charge in [0, 0.05) is 17.5 Å². The summed E-state index contributed by atoms with van der Waals surface area (Å²) in [5, 5.41) is 13.9. The van der Waals surface area contributed by atoms with Crippen LogP contribution < -0.4 is 10.1 Å². The highest BCUT2D eigenvalue weighted by Crippen LogP contribution is 2.27. The number of aromatic nitrogens is 1. The largest absolute Gasteiger partial charge is 0.497 e. The molecule has 0 saturated heterocycles. The van der Waals surface area contributed by atoms with E-state index in [1.807, 2.05) is 18.2 Å². The SMILES string of the molecule is COc1ccc2cc(C#N)c(SCC(=O)NC3CCCC3)nc2c1. The van der Waals surface area contributed by atoms with Crippen LogP contribution in [0.2, 0.25) is 0 Å². The summed E-state index contributed by atoms with van der Waals surface area (Å²) < 4.78 is 5.22. The Kier molecular flexibility index (Phi) is 5.21. The molecule has 1 aliphatic rings. The molecular formula is C18H19N3O2S. The number of hydrogen-bond donors (Lipinski definition) is 1. The lowest BCUT2D eigenvalue weighted by molar-refractivity contribution is -0.119. The maximum Gasteiger partial charge on any atom is 0.230 e. The fourth-order valence-electron chi connectivity index (χ4n) is 2.92. The molecule has 1 aliphatic carbocycles. The number of thioether (sulfide) groups is 1. The second-order valence-corrected chi connectivity index (χ2v) is 6.81. The number of hydrogen-bond acceptors (Lipinski definition) is 5. The number of nitrogens with one attached hydrogen (secondary N) is 1. The second-order valence-electron chi connectivity index (χ2n) is 5.85. The van der Waals surface area contributed by atoms with Gasteiger partial charge < -0.3 is 10.1 Å². The van der Waals surface area contributed by atoms with Crippen molar-refractivity contribution in [2.45, 2.75) is 36.8 Å². The normalized spacial score (nSPS) is 14.5. The molecule has 1 saturated carbocycles. The molecule has 3 rings (SSSR count). The van der Waals surface area contributed by atoms with E-state index in [1.165, 1.54) is 24.6 Å². The number of methoxy groups -OCH3 is 1. The highest BCUT2D eigenvalue weighted by molar-refractivity contribution is 8.00. The van der Waals surface area contributed by atoms with Crippen molar-refractivity contribution in [3.05, 3.63) is 29.8 Å². The Labute approximate surface area is 145 Å². The summed E-state index contributed by atoms with van der Waals surface area (Å²) in [6.07, 6.45) is 4.50. The number of ether oxygens (including phenoxy) is 1. The molecule has 2 aromatic rings. The zero-order valence-corrected chi connectivity index (χ0v) is 14.4. The van der Waals surface area contributed by atoms with Crippen LogP contribution in [0.5, 0.6) is 5.75 Å². The van der Waals surface area contributed by atoms with E-state index in [2.05, 4.69) is 16.4 Å². The van der Waals surface area contributed by atoms with Crippen LogP contribution in [0.3, 0.4) is 0 Å². The molecule has 0 aliphatic heterocycles. The highest BCUT2D eigenvalue weighted by Gasteiger charge is 2.18. The number of rotatable bonds is 5. The lowest BCUT2D eigenvalue weighted by Gasteiger charge is -2.12. The van der Waals surface area contributed by atoms with E-state index in [1.54, 1.807) is 13.2 Å². The van der Waals surface area contributed by atoms with E-state index in [9.17, 15) is 10.1 Å². The van der Waals surface area contributed by atoms with Gasteiger partial charge in [0.05, 0.1) is 23.9 Å². The van der Waals surface area contributed by atoms with Crippen LogP contribution in [-0.2, 0) is 4.79 Å². The van der Waals surface area contributed by atoms with Crippen LogP contribution in [0.1, 0.15) is 31.2 Å². The van der Waals surface area contributed by atoms with Crippen molar-refractivity contribution >= 4 is 28.6 Å². The van der Waals surface area contributed by atoms with Crippen LogP contribution in [0.4, 0.5) is 0 Å². The Balaban J connectivity index is 1.74. The van der Waals surface area contributed by atoms with Crippen LogP contribution in [0.25, 0.3) is 10.9 Å². The van der Waals surface area contributed by atoms with Gasteiger partial charge in [0.2, 0.25) is 5.91 Å². The Morgan fingerprint density at radius 1 is 1.42 bits per heavy atom. The van der Waals surface area contributed by atoms with Crippen molar-refractivity contribution in [3.8, 4) is 11.8 Å². The molecule has 5 nitrogen and oxygen atoms in total. The summed E-state index contributed by atoms with van der Waals surface area (Å²) in [4.78, 5) is 16.6. The van der Waals surface area contributed by atoms with Crippen LogP contribution in [-0.4, -0.2) is 29.8 Å². The van der Waals surface area contributed by atoms with Gasteiger partial charge in [-0.25, -0.2) is 4.98 Å². The molecule has 0 spiro atoms. The Hall–Kier alpha value is -2.26. The summed E-state index contributed by atoms with van der Waals surface area (Å²) in [5.41, 5.74) is 1.25. The summed E-state index contributed by atoms with van der Waals surface area (Å²) in [7, 11) is 1.60. The van der Waals surface area contributed by atoms with E-state index in [0.29, 0.717) is 16.6 Å². The minimum atomic E-state index is 0.00308. The van der Waals surface area contributed by atoms with Gasteiger partial charge in [-0.05, 0) is 31.0 Å². The fourth-order valence-corrected chi connectivity index (χ4v) is 3.69. The molecule has 1 heterocycles. The van der Waals surface area contributed by atoms with Gasteiger partial charge >= 0.3 is 0 Å². The molecule has 1 N–H and O–H groups in total. The predicted molar refractivity (Wildman–Crippen MR) is 94.1 cm³/mol. The molecule has 1 aromatic heterocycles. The third-order valence-electron chi connectivity index (χ3n) is 4.17. The summed E-state index contributed by atoms with van der Waals surface area (Å²) >= 11 is 1.30. The second kappa shape index (κ2) is 7.54. The third kappa shape index (κ3) is 3.80. The van der Waals surface area contributed by atoms with Crippen molar-refractivity contribution in [3.63, 3.8) is 0 Å². The maximum absolute atomic E-state index is 12.1. The van der Waals surface area contributed by atoms with Crippen LogP contribution in [0.15, 0.2) is 29.3 Å². The van der Waals surface area contributed by atoms with Gasteiger partial charge in [0.15, 0.2) is 0 Å². The molecule has 0 atom stereocenters. The first-order valence-electron chi connectivity index (χ1n) is 8.00. The number of benzene rings is 1. The minimum Gasteiger partial charge on any atom is -0.497 e. The molecule has 0 unspecified atom stereocenters. The Morgan fingerprint density at radius 2 is 2.21 bits per heavy atom. The Morgan fingerprint density at radius 3 is 2.92 bits per heavy atom. The smallest absolute Gasteiger partial charge is 0.230 e. The molecular weight excluding hydrogens is 322 g/mol. The van der Waals surface area contributed by atoms with Gasteiger partial charge in [-0.15, -0.1) is 0 Å². The number of amides is 1. The van der Waals surface area contributed by atoms with Crippen LogP contribution in [0, 0.1) is 11.3 Å². The molecule has 124 valence electrons. The molecule has 1 fully saturated rings. The zero-order chi connectivity index (χ0) is 16.9. The number of carbonyl (C=O) groups is 1. The maximum atomic E-state index is 12.1. The highest BCUT2D eigenvalue weighted by atomic mass is 32.2. The van der Waals surface area contributed by atoms with Gasteiger partial charge in [-0.2, -0.15) is 5.26 Å². The van der Waals surface area contributed by atoms with E-state index in [4.69, 9.17) is 4.74 Å². The predicted octanol–water partition coefficient (Wildman–Crippen LogP) is 3.27. The van der Waals surface area contributed by atoms with Crippen molar-refractivity contribution < 1.29 is 9.53 Å². The summed E-state index contributed by atoms with van der Waals surface area (Å²) in [5.74, 6) is 0.992. The topological polar surface area (TPSA) is 75.0 Å². The van der Waals surface area contributed by atoms with Crippen LogP contribution >= 0.6 is 11.8 Å². The molecule has 0 radical (unpaired) electrons. The first kappa shape index (κ1) is 16.6. The first-order chi connectivity index (χ1) is 11.7. The van der Waals surface area contributed by atoms with Gasteiger partial charge in [-0.3, -0.25) is 4.79 Å². The monoisotopic (exact) mass is 341 g/mol. The van der Waals surface area contributed by atoms with Crippen molar-refractivity contribution in [2.75, 3.05) is 12.9 Å². The molecule has 0 bridgehead atoms. The number of carbonyl (C=O) groups excluding carboxylic acids is 1. The van der Waals surface area contributed by atoms with E-state index >= 15 is 0 Å². The van der Waals surface area contributed by atoms with E-state index in [-0.39, 0.29) is 11.7 Å². The van der Waals surface area contributed by atoms with E-state index < -0.39 is 0 Å². The van der Waals surface area contributed by atoms with Crippen molar-refractivity contribution in [1.82, 2.24) is 10.3 Å². The molecule has 24 heavy (non-hydrogen) atoms. The average molecular weight is 341 g/mol. The van der Waals surface area contributed by atoms with Gasteiger partial charge in [0.25, 0.3) is 0 Å². The van der Waals surface area contributed by atoms with E-state index in [0.717, 1.165) is 29.5 Å². The number of nitriles is 1. The minimum absolute atomic E-state index is 0.00308. The summed E-state index contributed by atoms with van der Waals surface area (Å²) in [6.45, 7) is 0. The summed E-state index contributed by atoms with van der Waals surface area (Å²) in [6, 6.07) is 9.83. The lowest BCUT2D eigenvalue weighted by Crippen LogP contribution is -2.33. The standard InChI is InChI=1S/C18H19N3O2S/c1-23-15-7-6-12-8-13(10-19)18(21-16(12)9-15)24-11-17(22)20-14-4-2-3-5-14/h6-9,14H,2-5,11H2,1H3,(H,20,22). The van der Waals surface area contributed by atoms with Crippen molar-refractivity contribution in [2.24, 2.45) is 0 Å². The number of fused-ring (bicyclic) bond motifs is 1. The Bertz CT molecular complexity index is 795. The quantitative estimate of drug-likeness (QED) is 0.845. The number of nitrogens with zero attached hydrogens (tertiary/aromatic N) is 2.